The number of amides is 1. The van der Waals surface area contributed by atoms with Crippen molar-refractivity contribution in [1.82, 2.24) is 10.2 Å². The van der Waals surface area contributed by atoms with Crippen LogP contribution in [-0.2, 0) is 14.3 Å². The molecule has 2 unspecified atom stereocenters. The zero-order chi connectivity index (χ0) is 23.6. The van der Waals surface area contributed by atoms with E-state index in [0.29, 0.717) is 11.3 Å². The van der Waals surface area contributed by atoms with E-state index in [9.17, 15) is 9.59 Å². The van der Waals surface area contributed by atoms with E-state index in [-0.39, 0.29) is 24.3 Å². The molecule has 172 valence electrons. The highest BCUT2D eigenvalue weighted by molar-refractivity contribution is 8.16. The third kappa shape index (κ3) is 5.44. The van der Waals surface area contributed by atoms with Crippen molar-refractivity contribution >= 4 is 28.8 Å². The number of aliphatic imine (C=N–C) groups is 1. The summed E-state index contributed by atoms with van der Waals surface area (Å²) in [6.07, 6.45) is 1.09. The largest absolute Gasteiger partial charge is 0.456 e. The third-order valence-corrected chi connectivity index (χ3v) is 6.26. The van der Waals surface area contributed by atoms with Crippen molar-refractivity contribution in [2.75, 3.05) is 0 Å². The number of aryl methyl sites for hydroxylation is 1. The van der Waals surface area contributed by atoms with Gasteiger partial charge in [0.05, 0.1) is 23.7 Å². The molecule has 7 heteroatoms. The van der Waals surface area contributed by atoms with Crippen LogP contribution in [0.5, 0.6) is 0 Å². The number of benzene rings is 1. The lowest BCUT2D eigenvalue weighted by molar-refractivity contribution is -0.150. The van der Waals surface area contributed by atoms with Gasteiger partial charge in [-0.25, -0.2) is 9.79 Å². The minimum atomic E-state index is -0.624. The van der Waals surface area contributed by atoms with Gasteiger partial charge in [0, 0.05) is 11.7 Å². The summed E-state index contributed by atoms with van der Waals surface area (Å²) in [5.41, 5.74) is 3.44. The number of allylic oxidation sites excluding steroid dienone is 1. The van der Waals surface area contributed by atoms with Crippen LogP contribution in [0.1, 0.15) is 71.6 Å². The van der Waals surface area contributed by atoms with Crippen molar-refractivity contribution in [3.05, 3.63) is 57.8 Å². The van der Waals surface area contributed by atoms with Crippen LogP contribution in [0.25, 0.3) is 0 Å². The van der Waals surface area contributed by atoms with Crippen LogP contribution in [0.3, 0.4) is 0 Å². The molecule has 1 aromatic rings. The van der Waals surface area contributed by atoms with Crippen LogP contribution in [0.4, 0.5) is 0 Å². The Bertz CT molecular complexity index is 987. The highest BCUT2D eigenvalue weighted by Gasteiger charge is 2.41. The molecule has 6 nitrogen and oxygen atoms in total. The number of esters is 1. The summed E-state index contributed by atoms with van der Waals surface area (Å²) in [7, 11) is 0. The Balaban J connectivity index is 2.01. The van der Waals surface area contributed by atoms with Crippen LogP contribution in [0, 0.1) is 6.92 Å². The molecular weight excluding hydrogens is 422 g/mol. The molecular formula is C25H33N3O3S. The van der Waals surface area contributed by atoms with Gasteiger partial charge in [-0.2, -0.15) is 0 Å². The number of amidine groups is 1. The van der Waals surface area contributed by atoms with Crippen molar-refractivity contribution in [2.45, 2.75) is 79.0 Å². The van der Waals surface area contributed by atoms with E-state index in [1.54, 1.807) is 0 Å². The van der Waals surface area contributed by atoms with Crippen LogP contribution >= 0.6 is 11.8 Å². The lowest BCUT2D eigenvalue weighted by Crippen LogP contribution is -2.40. The molecule has 2 heterocycles. The topological polar surface area (TPSA) is 71.0 Å². The Kier molecular flexibility index (Phi) is 7.18. The number of hydrogen-bond acceptors (Lipinski definition) is 6. The zero-order valence-corrected chi connectivity index (χ0v) is 20.8. The van der Waals surface area contributed by atoms with Crippen LogP contribution in [0.2, 0.25) is 0 Å². The van der Waals surface area contributed by atoms with Gasteiger partial charge in [0.25, 0.3) is 0 Å². The molecule has 2 atom stereocenters. The second kappa shape index (κ2) is 9.53. The number of carbonyl (C=O) groups excluding carboxylic acids is 2. The third-order valence-electron chi connectivity index (χ3n) is 5.37. The smallest absolute Gasteiger partial charge is 0.338 e. The lowest BCUT2D eigenvalue weighted by atomic mass is 9.93. The SMILES string of the molecule is CCC(C)NC(=O)CC1=CSC2=NC(C)=C(C(=O)OC(C)(C)C)C(c3ccc(C)cc3)N12. The first kappa shape index (κ1) is 24.1. The Morgan fingerprint density at radius 2 is 1.88 bits per heavy atom. The molecule has 2 aliphatic heterocycles. The second-order valence-electron chi connectivity index (χ2n) is 9.36. The molecule has 0 spiro atoms. The number of ether oxygens (including phenoxy) is 1. The van der Waals surface area contributed by atoms with Crippen LogP contribution < -0.4 is 5.32 Å². The van der Waals surface area contributed by atoms with Gasteiger partial charge >= 0.3 is 5.97 Å². The molecule has 0 bridgehead atoms. The van der Waals surface area contributed by atoms with Gasteiger partial charge in [-0.3, -0.25) is 4.79 Å². The molecule has 32 heavy (non-hydrogen) atoms. The van der Waals surface area contributed by atoms with Gasteiger partial charge < -0.3 is 15.0 Å². The van der Waals surface area contributed by atoms with Gasteiger partial charge in [-0.05, 0) is 58.9 Å². The summed E-state index contributed by atoms with van der Waals surface area (Å²) in [5, 5.41) is 5.76. The van der Waals surface area contributed by atoms with E-state index in [1.165, 1.54) is 11.8 Å². The van der Waals surface area contributed by atoms with Crippen LogP contribution in [-0.4, -0.2) is 33.6 Å². The molecule has 1 amide bonds. The predicted molar refractivity (Wildman–Crippen MR) is 130 cm³/mol. The van der Waals surface area contributed by atoms with Crippen LogP contribution in [0.15, 0.2) is 51.6 Å². The Labute approximate surface area is 195 Å². The van der Waals surface area contributed by atoms with Crippen molar-refractivity contribution in [3.8, 4) is 0 Å². The number of nitrogens with one attached hydrogen (secondary N) is 1. The molecule has 2 aliphatic rings. The number of nitrogens with zero attached hydrogens (tertiary/aromatic N) is 2. The van der Waals surface area contributed by atoms with E-state index in [0.717, 1.165) is 28.4 Å². The number of hydrogen-bond donors (Lipinski definition) is 1. The maximum Gasteiger partial charge on any atom is 0.338 e. The number of rotatable bonds is 6. The molecule has 0 saturated heterocycles. The molecule has 1 N–H and O–H groups in total. The summed E-state index contributed by atoms with van der Waals surface area (Å²) in [6, 6.07) is 7.83. The van der Waals surface area contributed by atoms with Crippen molar-refractivity contribution in [3.63, 3.8) is 0 Å². The summed E-state index contributed by atoms with van der Waals surface area (Å²) in [6.45, 7) is 13.5. The first-order valence-electron chi connectivity index (χ1n) is 11.0. The molecule has 1 aromatic carbocycles. The van der Waals surface area contributed by atoms with E-state index in [1.807, 2.05) is 83.0 Å². The summed E-state index contributed by atoms with van der Waals surface area (Å²) < 4.78 is 5.76. The van der Waals surface area contributed by atoms with Gasteiger partial charge in [-0.1, -0.05) is 48.5 Å². The van der Waals surface area contributed by atoms with E-state index in [2.05, 4.69) is 5.32 Å². The molecule has 0 aliphatic carbocycles. The maximum absolute atomic E-state index is 13.3. The average Bonchev–Trinajstić information content (AvgIpc) is 3.07. The number of carbonyl (C=O) groups is 2. The quantitative estimate of drug-likeness (QED) is 0.596. The van der Waals surface area contributed by atoms with Crippen molar-refractivity contribution < 1.29 is 14.3 Å². The van der Waals surface area contributed by atoms with Gasteiger partial charge in [0.15, 0.2) is 5.17 Å². The van der Waals surface area contributed by atoms with E-state index in [4.69, 9.17) is 9.73 Å². The average molecular weight is 456 g/mol. The first-order chi connectivity index (χ1) is 15.0. The van der Waals surface area contributed by atoms with Crippen molar-refractivity contribution in [2.24, 2.45) is 4.99 Å². The maximum atomic E-state index is 13.3. The fraction of sp³-hybridized carbons (Fsp3) is 0.480. The van der Waals surface area contributed by atoms with Gasteiger partial charge in [-0.15, -0.1) is 0 Å². The van der Waals surface area contributed by atoms with E-state index >= 15 is 0 Å². The zero-order valence-electron chi connectivity index (χ0n) is 20.0. The Hall–Kier alpha value is -2.54. The highest BCUT2D eigenvalue weighted by Crippen LogP contribution is 2.45. The van der Waals surface area contributed by atoms with Crippen molar-refractivity contribution in [1.29, 1.82) is 0 Å². The lowest BCUT2D eigenvalue weighted by Gasteiger charge is -2.37. The minimum absolute atomic E-state index is 0.0415. The Morgan fingerprint density at radius 1 is 1.22 bits per heavy atom. The highest BCUT2D eigenvalue weighted by atomic mass is 32.2. The fourth-order valence-corrected chi connectivity index (χ4v) is 4.58. The monoisotopic (exact) mass is 455 g/mol. The summed E-state index contributed by atoms with van der Waals surface area (Å²) in [4.78, 5) is 32.7. The first-order valence-corrected chi connectivity index (χ1v) is 11.9. The normalized spacial score (nSPS) is 19.2. The molecule has 3 rings (SSSR count). The van der Waals surface area contributed by atoms with Gasteiger partial charge in [0.2, 0.25) is 5.91 Å². The Morgan fingerprint density at radius 3 is 2.47 bits per heavy atom. The number of fused-ring (bicyclic) bond motifs is 1. The molecule has 0 radical (unpaired) electrons. The summed E-state index contributed by atoms with van der Waals surface area (Å²) >= 11 is 1.48. The van der Waals surface area contributed by atoms with E-state index < -0.39 is 11.6 Å². The number of thioether (sulfide) groups is 1. The van der Waals surface area contributed by atoms with Gasteiger partial charge in [0.1, 0.15) is 5.60 Å². The minimum Gasteiger partial charge on any atom is -0.456 e. The molecule has 0 aromatic heterocycles. The molecule has 0 fully saturated rings. The fourth-order valence-electron chi connectivity index (χ4n) is 3.62. The second-order valence-corrected chi connectivity index (χ2v) is 10.2. The summed E-state index contributed by atoms with van der Waals surface area (Å²) in [5.74, 6) is -0.427. The predicted octanol–water partition coefficient (Wildman–Crippen LogP) is 5.22. The standard InChI is InChI=1S/C25H33N3O3S/c1-8-16(3)26-20(29)13-19-14-32-24-27-17(4)21(23(30)31-25(5,6)7)22(28(19)24)18-11-9-15(2)10-12-18/h9-12,14,16,22H,8,13H2,1-7H3,(H,26,29). The molecule has 0 saturated carbocycles.